The third kappa shape index (κ3) is 3.62. The molecule has 3 aromatic carbocycles. The number of ether oxygens (including phenoxy) is 2. The third-order valence-electron chi connectivity index (χ3n) is 4.52. The van der Waals surface area contributed by atoms with E-state index in [1.54, 1.807) is 13.2 Å². The van der Waals surface area contributed by atoms with Crippen molar-refractivity contribution >= 4 is 44.5 Å². The van der Waals surface area contributed by atoms with Crippen LogP contribution in [0.25, 0.3) is 27.6 Å². The van der Waals surface area contributed by atoms with Gasteiger partial charge in [0.15, 0.2) is 0 Å². The lowest BCUT2D eigenvalue weighted by Crippen LogP contribution is -1.96. The van der Waals surface area contributed by atoms with Crippen LogP contribution in [-0.4, -0.2) is 29.7 Å². The van der Waals surface area contributed by atoms with Crippen molar-refractivity contribution in [1.29, 1.82) is 0 Å². The largest absolute Gasteiger partial charge is 0.496 e. The first-order chi connectivity index (χ1) is 13.0. The first-order valence-corrected chi connectivity index (χ1v) is 8.63. The van der Waals surface area contributed by atoms with Crippen LogP contribution in [0.4, 0.5) is 0 Å². The molecule has 0 aliphatic heterocycles. The summed E-state index contributed by atoms with van der Waals surface area (Å²) in [5.74, 6) is 1.12. The number of benzene rings is 3. The van der Waals surface area contributed by atoms with Gasteiger partial charge in [0.25, 0.3) is 0 Å². The molecular weight excluding hydrogens is 368 g/mol. The van der Waals surface area contributed by atoms with Crippen molar-refractivity contribution in [2.24, 2.45) is 0 Å². The van der Waals surface area contributed by atoms with Gasteiger partial charge in [-0.05, 0) is 81.2 Å². The quantitative estimate of drug-likeness (QED) is 0.383. The number of rotatable bonds is 6. The van der Waals surface area contributed by atoms with Crippen molar-refractivity contribution in [2.45, 2.75) is 13.2 Å². The molecule has 0 radical (unpaired) electrons. The fourth-order valence-electron chi connectivity index (χ4n) is 3.25. The Hall–Kier alpha value is -2.60. The van der Waals surface area contributed by atoms with Crippen LogP contribution in [-0.2, 0) is 18.0 Å². The van der Waals surface area contributed by atoms with Crippen molar-refractivity contribution < 1.29 is 24.5 Å². The molecule has 0 bridgehead atoms. The predicted molar refractivity (Wildman–Crippen MR) is 106 cm³/mol. The van der Waals surface area contributed by atoms with Crippen LogP contribution >= 0.6 is 11.6 Å². The summed E-state index contributed by atoms with van der Waals surface area (Å²) in [6.07, 6.45) is 2.93. The molecule has 3 rings (SSSR count). The summed E-state index contributed by atoms with van der Waals surface area (Å²) < 4.78 is 10.7. The van der Waals surface area contributed by atoms with Crippen LogP contribution < -0.4 is 9.47 Å². The average Bonchev–Trinajstić information content (AvgIpc) is 2.69. The van der Waals surface area contributed by atoms with Crippen molar-refractivity contribution in [3.63, 3.8) is 0 Å². The van der Waals surface area contributed by atoms with Gasteiger partial charge in [-0.25, -0.2) is 0 Å². The number of carbonyl (C=O) groups excluding carboxylic acids is 1. The lowest BCUT2D eigenvalue weighted by molar-refractivity contribution is -0.107. The summed E-state index contributed by atoms with van der Waals surface area (Å²) >= 11 is 5.46. The number of fused-ring (bicyclic) bond motifs is 3. The van der Waals surface area contributed by atoms with Gasteiger partial charge in [0.05, 0.1) is 27.4 Å². The summed E-state index contributed by atoms with van der Waals surface area (Å²) in [6.45, 7) is -0.337. The van der Waals surface area contributed by atoms with Crippen LogP contribution in [0.2, 0.25) is 0 Å². The molecule has 27 heavy (non-hydrogen) atoms. The smallest absolute Gasteiger partial charge is 0.245 e. The van der Waals surface area contributed by atoms with Crippen LogP contribution in [0.1, 0.15) is 16.7 Å². The van der Waals surface area contributed by atoms with Gasteiger partial charge in [-0.2, -0.15) is 0 Å². The highest BCUT2D eigenvalue weighted by Gasteiger charge is 2.13. The van der Waals surface area contributed by atoms with Crippen molar-refractivity contribution in [3.05, 3.63) is 53.1 Å². The maximum atomic E-state index is 11.2. The molecule has 0 atom stereocenters. The summed E-state index contributed by atoms with van der Waals surface area (Å²) in [6, 6.07) is 9.29. The summed E-state index contributed by atoms with van der Waals surface area (Å²) in [7, 11) is 3.08. The highest BCUT2D eigenvalue weighted by Crippen LogP contribution is 2.37. The Balaban J connectivity index is 2.46. The molecule has 0 aliphatic rings. The molecule has 5 nitrogen and oxygen atoms in total. The Morgan fingerprint density at radius 2 is 1.52 bits per heavy atom. The highest BCUT2D eigenvalue weighted by atomic mass is 35.5. The van der Waals surface area contributed by atoms with Gasteiger partial charge in [-0.3, -0.25) is 4.79 Å². The number of aliphatic hydroxyl groups excluding tert-OH is 2. The van der Waals surface area contributed by atoms with E-state index in [2.05, 4.69) is 0 Å². The number of allylic oxidation sites excluding steroid dienone is 1. The molecule has 0 aliphatic carbocycles. The maximum absolute atomic E-state index is 11.2. The second kappa shape index (κ2) is 7.96. The molecule has 0 saturated carbocycles. The maximum Gasteiger partial charge on any atom is 0.245 e. The first-order valence-electron chi connectivity index (χ1n) is 8.25. The normalized spacial score (nSPS) is 11.4. The number of methoxy groups -OCH3 is 2. The number of carbonyl (C=O) groups is 1. The zero-order chi connectivity index (χ0) is 19.6. The van der Waals surface area contributed by atoms with Crippen LogP contribution in [0.15, 0.2) is 36.4 Å². The second-order valence-corrected chi connectivity index (χ2v) is 6.39. The van der Waals surface area contributed by atoms with E-state index in [0.29, 0.717) is 22.6 Å². The topological polar surface area (TPSA) is 76.0 Å². The third-order valence-corrected chi connectivity index (χ3v) is 4.65. The fraction of sp³-hybridized carbons (Fsp3) is 0.190. The molecular formula is C21H19ClO5. The monoisotopic (exact) mass is 386 g/mol. The van der Waals surface area contributed by atoms with Gasteiger partial charge in [-0.15, -0.1) is 0 Å². The van der Waals surface area contributed by atoms with E-state index in [4.69, 9.17) is 21.1 Å². The molecule has 0 fully saturated rings. The van der Waals surface area contributed by atoms with Crippen molar-refractivity contribution in [2.75, 3.05) is 14.2 Å². The minimum absolute atomic E-state index is 0.161. The SMILES string of the molecule is COc1cc2cc(/C=C/C(=O)Cl)c3cc(OC)c(CO)cc3c2cc1CO. The van der Waals surface area contributed by atoms with Crippen LogP contribution in [0, 0.1) is 0 Å². The van der Waals surface area contributed by atoms with E-state index in [0.717, 1.165) is 27.1 Å². The fourth-order valence-corrected chi connectivity index (χ4v) is 3.31. The Labute approximate surface area is 161 Å². The van der Waals surface area contributed by atoms with Gasteiger partial charge >= 0.3 is 0 Å². The van der Waals surface area contributed by atoms with Gasteiger partial charge in [0, 0.05) is 11.1 Å². The van der Waals surface area contributed by atoms with Gasteiger partial charge in [-0.1, -0.05) is 0 Å². The average molecular weight is 387 g/mol. The van der Waals surface area contributed by atoms with E-state index < -0.39 is 5.24 Å². The van der Waals surface area contributed by atoms with E-state index >= 15 is 0 Å². The van der Waals surface area contributed by atoms with Crippen LogP contribution in [0.3, 0.4) is 0 Å². The minimum Gasteiger partial charge on any atom is -0.496 e. The number of hydrogen-bond donors (Lipinski definition) is 2. The Morgan fingerprint density at radius 3 is 2.07 bits per heavy atom. The van der Waals surface area contributed by atoms with Crippen molar-refractivity contribution in [3.8, 4) is 11.5 Å². The molecule has 140 valence electrons. The molecule has 6 heteroatoms. The van der Waals surface area contributed by atoms with Gasteiger partial charge < -0.3 is 19.7 Å². The summed E-state index contributed by atoms with van der Waals surface area (Å²) in [5, 5.41) is 22.2. The van der Waals surface area contributed by atoms with E-state index in [9.17, 15) is 15.0 Å². The van der Waals surface area contributed by atoms with E-state index in [-0.39, 0.29) is 13.2 Å². The lowest BCUT2D eigenvalue weighted by atomic mass is 9.93. The van der Waals surface area contributed by atoms with Crippen molar-refractivity contribution in [1.82, 2.24) is 0 Å². The number of hydrogen-bond acceptors (Lipinski definition) is 5. The Morgan fingerprint density at radius 1 is 0.926 bits per heavy atom. The molecule has 0 spiro atoms. The molecule has 0 amide bonds. The van der Waals surface area contributed by atoms with Gasteiger partial charge in [0.2, 0.25) is 5.24 Å². The molecule has 0 aromatic heterocycles. The number of halogens is 1. The predicted octanol–water partition coefficient (Wildman–Crippen LogP) is 3.77. The van der Waals surface area contributed by atoms with Crippen LogP contribution in [0.5, 0.6) is 11.5 Å². The molecule has 3 aromatic rings. The summed E-state index contributed by atoms with van der Waals surface area (Å²) in [4.78, 5) is 11.2. The molecule has 0 saturated heterocycles. The molecule has 2 N–H and O–H groups in total. The molecule has 0 heterocycles. The highest BCUT2D eigenvalue weighted by molar-refractivity contribution is 6.66. The Bertz CT molecular complexity index is 1060. The number of aliphatic hydroxyl groups is 2. The second-order valence-electron chi connectivity index (χ2n) is 6.01. The standard InChI is InChI=1S/C21H19ClO5/c1-26-19-8-13-5-12(3-4-21(22)25)17-9-20(27-2)15(11-24)7-18(17)16(13)6-14(19)10-23/h3-9,23-24H,10-11H2,1-2H3/b4-3+. The zero-order valence-corrected chi connectivity index (χ0v) is 15.7. The lowest BCUT2D eigenvalue weighted by Gasteiger charge is -2.15. The zero-order valence-electron chi connectivity index (χ0n) is 15.0. The minimum atomic E-state index is -0.574. The Kier molecular flexibility index (Phi) is 5.65. The van der Waals surface area contributed by atoms with E-state index in [1.807, 2.05) is 30.3 Å². The summed E-state index contributed by atoms with van der Waals surface area (Å²) in [5.41, 5.74) is 2.07. The van der Waals surface area contributed by atoms with E-state index in [1.165, 1.54) is 13.2 Å². The molecule has 0 unspecified atom stereocenters. The van der Waals surface area contributed by atoms with Gasteiger partial charge in [0.1, 0.15) is 11.5 Å². The first kappa shape index (κ1) is 19.2.